The van der Waals surface area contributed by atoms with E-state index in [1.165, 1.54) is 25.2 Å². The van der Waals surface area contributed by atoms with Crippen LogP contribution < -0.4 is 20.9 Å². The molecule has 0 bridgehead atoms. The highest BCUT2D eigenvalue weighted by atomic mass is 35.5. The van der Waals surface area contributed by atoms with E-state index in [2.05, 4.69) is 27.8 Å². The molecule has 7 nitrogen and oxygen atoms in total. The molecule has 134 valence electrons. The number of unbranched alkanes of at least 4 members (excludes halogenated alkanes) is 2. The van der Waals surface area contributed by atoms with E-state index in [0.717, 1.165) is 19.3 Å². The van der Waals surface area contributed by atoms with Crippen LogP contribution in [0.15, 0.2) is 23.1 Å². The second-order valence-corrected chi connectivity index (χ2v) is 7.59. The standard InChI is InChI=1S/C14H21ClN4O3S2/c1-3-4-5-8-17-14(23)19-18-13(20)11-9-10(6-7-12(11)15)24(21,22)16-2/h6-7,9,16H,3-5,8H2,1-2H3,(H,18,20)(H2,17,19,23). The average molecular weight is 393 g/mol. The molecule has 0 aliphatic heterocycles. The van der Waals surface area contributed by atoms with E-state index >= 15 is 0 Å². The molecule has 1 aromatic rings. The van der Waals surface area contributed by atoms with Crippen LogP contribution in [0.2, 0.25) is 5.02 Å². The van der Waals surface area contributed by atoms with Crippen LogP contribution in [0.25, 0.3) is 0 Å². The maximum Gasteiger partial charge on any atom is 0.271 e. The van der Waals surface area contributed by atoms with E-state index < -0.39 is 15.9 Å². The molecule has 0 saturated heterocycles. The number of benzene rings is 1. The monoisotopic (exact) mass is 392 g/mol. The number of carbonyl (C=O) groups excluding carboxylic acids is 1. The lowest BCUT2D eigenvalue weighted by Gasteiger charge is -2.12. The van der Waals surface area contributed by atoms with Crippen LogP contribution in [-0.2, 0) is 10.0 Å². The third kappa shape index (κ3) is 6.23. The molecule has 0 saturated carbocycles. The van der Waals surface area contributed by atoms with Crippen LogP contribution in [0, 0.1) is 0 Å². The lowest BCUT2D eigenvalue weighted by atomic mass is 10.2. The van der Waals surface area contributed by atoms with Gasteiger partial charge in [-0.15, -0.1) is 0 Å². The summed E-state index contributed by atoms with van der Waals surface area (Å²) >= 11 is 11.0. The quantitative estimate of drug-likeness (QED) is 0.319. The zero-order chi connectivity index (χ0) is 18.2. The van der Waals surface area contributed by atoms with E-state index in [9.17, 15) is 13.2 Å². The number of nitrogens with one attached hydrogen (secondary N) is 4. The zero-order valence-electron chi connectivity index (χ0n) is 13.5. The molecule has 1 rings (SSSR count). The number of carbonyl (C=O) groups is 1. The Labute approximate surface area is 152 Å². The molecule has 0 heterocycles. The molecular weight excluding hydrogens is 372 g/mol. The van der Waals surface area contributed by atoms with Crippen molar-refractivity contribution >= 4 is 44.9 Å². The third-order valence-corrected chi connectivity index (χ3v) is 5.10. The van der Waals surface area contributed by atoms with Gasteiger partial charge in [0.2, 0.25) is 10.0 Å². The summed E-state index contributed by atoms with van der Waals surface area (Å²) < 4.78 is 25.8. The lowest BCUT2D eigenvalue weighted by Crippen LogP contribution is -2.47. The van der Waals surface area contributed by atoms with Gasteiger partial charge in [-0.25, -0.2) is 13.1 Å². The first-order valence-corrected chi connectivity index (χ1v) is 9.66. The van der Waals surface area contributed by atoms with E-state index in [4.69, 9.17) is 23.8 Å². The summed E-state index contributed by atoms with van der Waals surface area (Å²) in [4.78, 5) is 12.1. The molecule has 10 heteroatoms. The molecule has 1 amide bonds. The number of hydrogen-bond donors (Lipinski definition) is 4. The Morgan fingerprint density at radius 1 is 1.25 bits per heavy atom. The van der Waals surface area contributed by atoms with Crippen molar-refractivity contribution in [3.8, 4) is 0 Å². The first-order valence-electron chi connectivity index (χ1n) is 7.39. The molecule has 0 atom stereocenters. The zero-order valence-corrected chi connectivity index (χ0v) is 15.9. The van der Waals surface area contributed by atoms with Gasteiger partial charge in [0.25, 0.3) is 5.91 Å². The summed E-state index contributed by atoms with van der Waals surface area (Å²) in [5.41, 5.74) is 4.96. The fourth-order valence-electron chi connectivity index (χ4n) is 1.77. The number of sulfonamides is 1. The first kappa shape index (κ1) is 20.6. The minimum Gasteiger partial charge on any atom is -0.361 e. The second-order valence-electron chi connectivity index (χ2n) is 4.89. The summed E-state index contributed by atoms with van der Waals surface area (Å²) in [5.74, 6) is -0.592. The molecule has 0 aliphatic rings. The van der Waals surface area contributed by atoms with Crippen LogP contribution in [0.1, 0.15) is 36.5 Å². The van der Waals surface area contributed by atoms with Crippen molar-refractivity contribution in [2.45, 2.75) is 31.1 Å². The van der Waals surface area contributed by atoms with Crippen molar-refractivity contribution in [1.82, 2.24) is 20.9 Å². The summed E-state index contributed by atoms with van der Waals surface area (Å²) in [6.45, 7) is 2.80. The highest BCUT2D eigenvalue weighted by Crippen LogP contribution is 2.20. The number of hydrogen-bond acceptors (Lipinski definition) is 4. The van der Waals surface area contributed by atoms with Crippen molar-refractivity contribution in [2.75, 3.05) is 13.6 Å². The van der Waals surface area contributed by atoms with E-state index in [0.29, 0.717) is 6.54 Å². The van der Waals surface area contributed by atoms with Gasteiger partial charge in [-0.1, -0.05) is 31.4 Å². The van der Waals surface area contributed by atoms with Crippen molar-refractivity contribution in [2.24, 2.45) is 0 Å². The van der Waals surface area contributed by atoms with Gasteiger partial charge in [0.1, 0.15) is 0 Å². The minimum absolute atomic E-state index is 0.0225. The molecule has 4 N–H and O–H groups in total. The van der Waals surface area contributed by atoms with Gasteiger partial charge >= 0.3 is 0 Å². The predicted molar refractivity (Wildman–Crippen MR) is 98.4 cm³/mol. The van der Waals surface area contributed by atoms with Gasteiger partial charge in [0.05, 0.1) is 15.5 Å². The van der Waals surface area contributed by atoms with Crippen LogP contribution in [0.5, 0.6) is 0 Å². The number of hydrazine groups is 1. The molecule has 1 aromatic carbocycles. The van der Waals surface area contributed by atoms with Crippen molar-refractivity contribution in [3.05, 3.63) is 28.8 Å². The van der Waals surface area contributed by atoms with E-state index in [1.54, 1.807) is 0 Å². The SMILES string of the molecule is CCCCCNC(=S)NNC(=O)c1cc(S(=O)(=O)NC)ccc1Cl. The van der Waals surface area contributed by atoms with Crippen LogP contribution >= 0.6 is 23.8 Å². The number of amides is 1. The Balaban J connectivity index is 2.68. The maximum atomic E-state index is 12.2. The average Bonchev–Trinajstić information content (AvgIpc) is 2.56. The smallest absolute Gasteiger partial charge is 0.271 e. The fourth-order valence-corrected chi connectivity index (χ4v) is 2.88. The van der Waals surface area contributed by atoms with Crippen molar-refractivity contribution < 1.29 is 13.2 Å². The highest BCUT2D eigenvalue weighted by molar-refractivity contribution is 7.89. The Morgan fingerprint density at radius 3 is 2.58 bits per heavy atom. The highest BCUT2D eigenvalue weighted by Gasteiger charge is 2.17. The molecule has 0 aliphatic carbocycles. The predicted octanol–water partition coefficient (Wildman–Crippen LogP) is 1.55. The van der Waals surface area contributed by atoms with Gasteiger partial charge in [0, 0.05) is 6.54 Å². The summed E-state index contributed by atoms with van der Waals surface area (Å²) in [6, 6.07) is 3.86. The van der Waals surface area contributed by atoms with Gasteiger partial charge in [-0.05, 0) is 43.9 Å². The first-order chi connectivity index (χ1) is 11.3. The Morgan fingerprint density at radius 2 is 1.96 bits per heavy atom. The second kappa shape index (κ2) is 9.77. The van der Waals surface area contributed by atoms with E-state index in [1.807, 2.05) is 0 Å². The van der Waals surface area contributed by atoms with E-state index in [-0.39, 0.29) is 20.6 Å². The number of halogens is 1. The van der Waals surface area contributed by atoms with Crippen molar-refractivity contribution in [3.63, 3.8) is 0 Å². The van der Waals surface area contributed by atoms with Gasteiger partial charge < -0.3 is 5.32 Å². The maximum absolute atomic E-state index is 12.2. The Hall–Kier alpha value is -1.42. The van der Waals surface area contributed by atoms with Crippen LogP contribution in [0.4, 0.5) is 0 Å². The van der Waals surface area contributed by atoms with Gasteiger partial charge in [-0.3, -0.25) is 15.6 Å². The van der Waals surface area contributed by atoms with Crippen LogP contribution in [-0.4, -0.2) is 33.0 Å². The molecule has 0 aromatic heterocycles. The molecule has 0 radical (unpaired) electrons. The fraction of sp³-hybridized carbons (Fsp3) is 0.429. The number of thiocarbonyl (C=S) groups is 1. The summed E-state index contributed by atoms with van der Waals surface area (Å²) in [5, 5.41) is 3.35. The Kier molecular flexibility index (Phi) is 8.40. The molecular formula is C14H21ClN4O3S2. The van der Waals surface area contributed by atoms with Crippen molar-refractivity contribution in [1.29, 1.82) is 0 Å². The normalized spacial score (nSPS) is 11.0. The number of rotatable bonds is 7. The lowest BCUT2D eigenvalue weighted by molar-refractivity contribution is 0.0943. The molecule has 24 heavy (non-hydrogen) atoms. The molecule has 0 fully saturated rings. The largest absolute Gasteiger partial charge is 0.361 e. The Bertz CT molecular complexity index is 695. The summed E-state index contributed by atoms with van der Waals surface area (Å²) in [6.07, 6.45) is 3.16. The molecule has 0 unspecified atom stereocenters. The minimum atomic E-state index is -3.67. The van der Waals surface area contributed by atoms with Gasteiger partial charge in [0.15, 0.2) is 5.11 Å². The summed E-state index contributed by atoms with van der Waals surface area (Å²) in [7, 11) is -2.38. The van der Waals surface area contributed by atoms with Crippen LogP contribution in [0.3, 0.4) is 0 Å². The van der Waals surface area contributed by atoms with Gasteiger partial charge in [-0.2, -0.15) is 0 Å². The third-order valence-electron chi connectivity index (χ3n) is 3.12. The molecule has 0 spiro atoms. The topological polar surface area (TPSA) is 99.3 Å².